The number of fused-ring (bicyclic) bond motifs is 1. The minimum Gasteiger partial charge on any atom is -0.611 e. The van der Waals surface area contributed by atoms with Crippen molar-refractivity contribution in [3.63, 3.8) is 0 Å². The summed E-state index contributed by atoms with van der Waals surface area (Å²) in [4.78, 5) is 0.991. The number of hydrogen-bond donors (Lipinski definition) is 0. The molecule has 0 fully saturated rings. The van der Waals surface area contributed by atoms with Crippen molar-refractivity contribution in [1.29, 1.82) is 0 Å². The van der Waals surface area contributed by atoms with E-state index in [1.807, 2.05) is 37.3 Å². The van der Waals surface area contributed by atoms with Crippen molar-refractivity contribution in [2.75, 3.05) is 5.75 Å². The molecule has 0 N–H and O–H groups in total. The third-order valence-electron chi connectivity index (χ3n) is 2.11. The zero-order chi connectivity index (χ0) is 8.55. The van der Waals surface area contributed by atoms with Gasteiger partial charge in [0.15, 0.2) is 4.90 Å². The summed E-state index contributed by atoms with van der Waals surface area (Å²) in [6.07, 6.45) is 2.05. The van der Waals surface area contributed by atoms with Gasteiger partial charge in [0, 0.05) is 11.1 Å². The highest BCUT2D eigenvalue weighted by Gasteiger charge is 2.27. The van der Waals surface area contributed by atoms with Gasteiger partial charge >= 0.3 is 0 Å². The van der Waals surface area contributed by atoms with Gasteiger partial charge in [-0.25, -0.2) is 0 Å². The average Bonchev–Trinajstić information content (AvgIpc) is 2.44. The molecule has 1 unspecified atom stereocenters. The van der Waals surface area contributed by atoms with Crippen LogP contribution in [-0.2, 0) is 11.2 Å². The second kappa shape index (κ2) is 2.96. The van der Waals surface area contributed by atoms with Gasteiger partial charge < -0.3 is 4.55 Å². The predicted octanol–water partition coefficient (Wildman–Crippen LogP) is 2.21. The zero-order valence-corrected chi connectivity index (χ0v) is 7.73. The Morgan fingerprint density at radius 1 is 1.42 bits per heavy atom. The molecule has 2 rings (SSSR count). The Labute approximate surface area is 75.3 Å². The lowest BCUT2D eigenvalue weighted by molar-refractivity contribution is 0.600. The summed E-state index contributed by atoms with van der Waals surface area (Å²) < 4.78 is 11.5. The van der Waals surface area contributed by atoms with Gasteiger partial charge in [0.25, 0.3) is 0 Å². The summed E-state index contributed by atoms with van der Waals surface area (Å²) in [5, 5.41) is 0. The van der Waals surface area contributed by atoms with Crippen molar-refractivity contribution in [3.8, 4) is 0 Å². The van der Waals surface area contributed by atoms with Crippen molar-refractivity contribution in [2.24, 2.45) is 0 Å². The molecule has 0 radical (unpaired) electrons. The number of benzene rings is 1. The van der Waals surface area contributed by atoms with Crippen LogP contribution in [0.3, 0.4) is 0 Å². The van der Waals surface area contributed by atoms with Crippen LogP contribution in [0, 0.1) is 0 Å². The van der Waals surface area contributed by atoms with Crippen LogP contribution in [0.15, 0.2) is 35.2 Å². The second-order valence-corrected chi connectivity index (χ2v) is 4.22. The first-order valence-corrected chi connectivity index (χ1v) is 5.28. The first-order valence-electron chi connectivity index (χ1n) is 3.96. The molecule has 1 heterocycles. The monoisotopic (exact) mass is 178 g/mol. The van der Waals surface area contributed by atoms with Crippen LogP contribution in [-0.4, -0.2) is 10.3 Å². The lowest BCUT2D eigenvalue weighted by atomic mass is 10.1. The van der Waals surface area contributed by atoms with Crippen molar-refractivity contribution in [1.82, 2.24) is 0 Å². The van der Waals surface area contributed by atoms with Gasteiger partial charge in [-0.15, -0.1) is 0 Å². The van der Waals surface area contributed by atoms with Gasteiger partial charge in [0.1, 0.15) is 5.75 Å². The van der Waals surface area contributed by atoms with Gasteiger partial charge in [0.2, 0.25) is 0 Å². The van der Waals surface area contributed by atoms with Crippen LogP contribution >= 0.6 is 0 Å². The molecule has 2 heteroatoms. The summed E-state index contributed by atoms with van der Waals surface area (Å²) >= 11 is -0.796. The zero-order valence-electron chi connectivity index (χ0n) is 6.91. The van der Waals surface area contributed by atoms with Crippen molar-refractivity contribution in [2.45, 2.75) is 11.8 Å². The lowest BCUT2D eigenvalue weighted by Crippen LogP contribution is -1.97. The fraction of sp³-hybridized carbons (Fsp3) is 0.200. The number of hydrogen-bond acceptors (Lipinski definition) is 1. The van der Waals surface area contributed by atoms with Gasteiger partial charge in [-0.2, -0.15) is 0 Å². The van der Waals surface area contributed by atoms with E-state index in [1.54, 1.807) is 0 Å². The molecule has 1 atom stereocenters. The molecule has 0 saturated carbocycles. The van der Waals surface area contributed by atoms with Crippen molar-refractivity contribution < 1.29 is 4.55 Å². The topological polar surface area (TPSA) is 23.1 Å². The van der Waals surface area contributed by atoms with E-state index in [0.29, 0.717) is 5.75 Å². The van der Waals surface area contributed by atoms with E-state index in [9.17, 15) is 4.55 Å². The van der Waals surface area contributed by atoms with Gasteiger partial charge in [-0.1, -0.05) is 18.2 Å². The summed E-state index contributed by atoms with van der Waals surface area (Å²) in [6, 6.07) is 7.91. The molecule has 0 amide bonds. The molecule has 0 aromatic heterocycles. The highest BCUT2D eigenvalue weighted by atomic mass is 32.2. The van der Waals surface area contributed by atoms with E-state index in [1.165, 1.54) is 11.1 Å². The summed E-state index contributed by atoms with van der Waals surface area (Å²) in [6.45, 7) is 1.99. The molecule has 1 aliphatic rings. The minimum absolute atomic E-state index is 0.690. The number of allylic oxidation sites excluding steroid dienone is 1. The van der Waals surface area contributed by atoms with E-state index in [2.05, 4.69) is 0 Å². The molecule has 0 spiro atoms. The van der Waals surface area contributed by atoms with E-state index in [4.69, 9.17) is 0 Å². The maximum Gasteiger partial charge on any atom is 0.160 e. The molecular formula is C10H10OS. The van der Waals surface area contributed by atoms with Crippen molar-refractivity contribution >= 4 is 16.7 Å². The highest BCUT2D eigenvalue weighted by Crippen LogP contribution is 2.33. The normalized spacial score (nSPS) is 24.5. The van der Waals surface area contributed by atoms with Gasteiger partial charge in [-0.05, 0) is 30.2 Å². The Kier molecular flexibility index (Phi) is 1.95. The van der Waals surface area contributed by atoms with Crippen LogP contribution in [0.4, 0.5) is 0 Å². The molecule has 1 nitrogen and oxygen atoms in total. The first-order chi connectivity index (χ1) is 5.83. The Hall–Kier alpha value is -0.730. The van der Waals surface area contributed by atoms with Crippen LogP contribution in [0.2, 0.25) is 0 Å². The van der Waals surface area contributed by atoms with Gasteiger partial charge in [0.05, 0.1) is 0 Å². The highest BCUT2D eigenvalue weighted by molar-refractivity contribution is 7.92. The maximum atomic E-state index is 11.5. The molecule has 12 heavy (non-hydrogen) atoms. The smallest absolute Gasteiger partial charge is 0.160 e. The average molecular weight is 178 g/mol. The van der Waals surface area contributed by atoms with Gasteiger partial charge in [-0.3, -0.25) is 0 Å². The van der Waals surface area contributed by atoms with Crippen LogP contribution in [0.1, 0.15) is 12.5 Å². The van der Waals surface area contributed by atoms with E-state index in [0.717, 1.165) is 4.90 Å². The maximum absolute atomic E-state index is 11.5. The summed E-state index contributed by atoms with van der Waals surface area (Å²) in [7, 11) is 0. The van der Waals surface area contributed by atoms with E-state index >= 15 is 0 Å². The molecule has 0 aliphatic carbocycles. The predicted molar refractivity (Wildman–Crippen MR) is 51.4 cm³/mol. The van der Waals surface area contributed by atoms with Crippen LogP contribution in [0.5, 0.6) is 0 Å². The third-order valence-corrected chi connectivity index (χ3v) is 3.53. The molecule has 0 saturated heterocycles. The quantitative estimate of drug-likeness (QED) is 0.558. The fourth-order valence-corrected chi connectivity index (χ4v) is 2.90. The third kappa shape index (κ3) is 1.08. The SMILES string of the molecule is C/C=C1\C[S+]([O-])c2ccccc21. The Bertz CT molecular complexity index is 330. The Morgan fingerprint density at radius 3 is 2.92 bits per heavy atom. The molecule has 0 bridgehead atoms. The van der Waals surface area contributed by atoms with Crippen molar-refractivity contribution in [3.05, 3.63) is 35.9 Å². The fourth-order valence-electron chi connectivity index (χ4n) is 1.47. The lowest BCUT2D eigenvalue weighted by Gasteiger charge is -2.00. The minimum atomic E-state index is -0.796. The second-order valence-electron chi connectivity index (χ2n) is 2.80. The molecule has 1 aromatic carbocycles. The molecule has 1 aliphatic heterocycles. The largest absolute Gasteiger partial charge is 0.611 e. The number of rotatable bonds is 0. The summed E-state index contributed by atoms with van der Waals surface area (Å²) in [5.41, 5.74) is 2.38. The van der Waals surface area contributed by atoms with E-state index < -0.39 is 11.2 Å². The standard InChI is InChI=1S/C10H10OS/c1-2-8-7-12(11)10-6-4-3-5-9(8)10/h2-6H,7H2,1H3/b8-2+. The molecule has 1 aromatic rings. The Morgan fingerprint density at radius 2 is 2.17 bits per heavy atom. The molecule has 62 valence electrons. The van der Waals surface area contributed by atoms with Crippen LogP contribution < -0.4 is 0 Å². The molecular weight excluding hydrogens is 168 g/mol. The summed E-state index contributed by atoms with van der Waals surface area (Å²) in [5.74, 6) is 0.690. The van der Waals surface area contributed by atoms with E-state index in [-0.39, 0.29) is 0 Å². The first kappa shape index (κ1) is 7.90. The van der Waals surface area contributed by atoms with Crippen LogP contribution in [0.25, 0.3) is 5.57 Å². The Balaban J connectivity index is 2.57.